The molecule has 1 aliphatic rings. The predicted octanol–water partition coefficient (Wildman–Crippen LogP) is 4.27. The molecule has 1 saturated heterocycles. The van der Waals surface area contributed by atoms with Gasteiger partial charge in [0.1, 0.15) is 12.9 Å². The third kappa shape index (κ3) is 4.12. The van der Waals surface area contributed by atoms with Crippen LogP contribution < -0.4 is 5.32 Å². The number of phenols is 1. The van der Waals surface area contributed by atoms with Crippen LogP contribution in [0.4, 0.5) is 0 Å². The minimum absolute atomic E-state index is 0.222. The number of amides is 1. The molecule has 1 aromatic carbocycles. The lowest BCUT2D eigenvalue weighted by atomic mass is 9.77. The summed E-state index contributed by atoms with van der Waals surface area (Å²) in [6.45, 7) is 14.0. The van der Waals surface area contributed by atoms with Crippen LogP contribution in [0.5, 0.6) is 5.75 Å². The second-order valence-corrected chi connectivity index (χ2v) is 8.81. The first kappa shape index (κ1) is 20.1. The van der Waals surface area contributed by atoms with Crippen LogP contribution >= 0.6 is 11.8 Å². The molecule has 1 aliphatic heterocycles. The zero-order chi connectivity index (χ0) is 19.7. The molecule has 0 aliphatic carbocycles. The molecular weight excluding hydrogens is 348 g/mol. The van der Waals surface area contributed by atoms with Crippen molar-refractivity contribution in [1.82, 2.24) is 5.32 Å². The number of carbonyl (C=O) groups excluding carboxylic acids is 1. The second kappa shape index (κ2) is 7.19. The minimum atomic E-state index is -0.410. The summed E-state index contributed by atoms with van der Waals surface area (Å²) >= 11 is 1.22. The number of hydrogen-bond donors (Lipinski definition) is 2. The molecule has 2 N–H and O–H groups in total. The van der Waals surface area contributed by atoms with Crippen LogP contribution in [0.15, 0.2) is 34.8 Å². The molecule has 1 aromatic rings. The van der Waals surface area contributed by atoms with Gasteiger partial charge in [0.15, 0.2) is 0 Å². The van der Waals surface area contributed by atoms with E-state index in [9.17, 15) is 9.90 Å². The topological polar surface area (TPSA) is 70.9 Å². The van der Waals surface area contributed by atoms with Crippen LogP contribution in [0.3, 0.4) is 0 Å². The molecule has 140 valence electrons. The van der Waals surface area contributed by atoms with Gasteiger partial charge < -0.3 is 9.94 Å². The van der Waals surface area contributed by atoms with Crippen molar-refractivity contribution < 1.29 is 14.7 Å². The fraction of sp³-hybridized carbons (Fsp3) is 0.400. The quantitative estimate of drug-likeness (QED) is 0.469. The molecule has 1 fully saturated rings. The molecule has 0 aromatic heterocycles. The Morgan fingerprint density at radius 3 is 2.38 bits per heavy atom. The SMILES string of the molecule is C=CC(C)(C)c1cc(/C=C2\S/C(=N/OC)NC2=O)cc(C(C)(C)C)c1O. The van der Waals surface area contributed by atoms with Crippen LogP contribution in [0.25, 0.3) is 6.08 Å². The van der Waals surface area contributed by atoms with E-state index in [1.54, 1.807) is 6.08 Å². The summed E-state index contributed by atoms with van der Waals surface area (Å²) in [6, 6.07) is 3.82. The summed E-state index contributed by atoms with van der Waals surface area (Å²) in [4.78, 5) is 17.4. The van der Waals surface area contributed by atoms with Crippen LogP contribution in [0, 0.1) is 0 Å². The van der Waals surface area contributed by atoms with E-state index < -0.39 is 5.41 Å². The first-order valence-corrected chi connectivity index (χ1v) is 9.15. The highest BCUT2D eigenvalue weighted by Crippen LogP contribution is 2.41. The van der Waals surface area contributed by atoms with Gasteiger partial charge in [0.25, 0.3) is 5.91 Å². The molecule has 1 heterocycles. The highest BCUT2D eigenvalue weighted by atomic mass is 32.2. The average molecular weight is 375 g/mol. The Kier molecular flexibility index (Phi) is 5.56. The predicted molar refractivity (Wildman–Crippen MR) is 108 cm³/mol. The Labute approximate surface area is 159 Å². The molecule has 6 heteroatoms. The fourth-order valence-corrected chi connectivity index (χ4v) is 3.42. The first-order valence-electron chi connectivity index (χ1n) is 8.33. The molecule has 0 spiro atoms. The van der Waals surface area contributed by atoms with E-state index in [-0.39, 0.29) is 17.1 Å². The molecule has 0 saturated carbocycles. The molecular formula is C20H26N2O3S. The van der Waals surface area contributed by atoms with E-state index in [2.05, 4.69) is 17.1 Å². The summed E-state index contributed by atoms with van der Waals surface area (Å²) in [5.74, 6) is 0.0513. The number of nitrogens with zero attached hydrogens (tertiary/aromatic N) is 1. The summed E-state index contributed by atoms with van der Waals surface area (Å²) in [5.41, 5.74) is 1.78. The summed E-state index contributed by atoms with van der Waals surface area (Å²) < 4.78 is 0. The number of oxime groups is 1. The Hall–Kier alpha value is -2.21. The Bertz CT molecular complexity index is 802. The lowest BCUT2D eigenvalue weighted by Crippen LogP contribution is -2.20. The normalized spacial score (nSPS) is 18.3. The summed E-state index contributed by atoms with van der Waals surface area (Å²) in [6.07, 6.45) is 3.61. The van der Waals surface area contributed by atoms with E-state index in [1.165, 1.54) is 18.9 Å². The van der Waals surface area contributed by atoms with Crippen LogP contribution in [-0.4, -0.2) is 23.3 Å². The standard InChI is InChI=1S/C20H26N2O3S/c1-8-20(5,6)14-10-12(9-13(16(14)23)19(2,3)4)11-15-17(24)21-18(26-15)22-25-7/h8-11,23H,1H2,2-7H3,(H,21,22,24)/b15-11-. The molecule has 1 amide bonds. The number of phenolic OH excluding ortho intramolecular Hbond substituents is 1. The fourth-order valence-electron chi connectivity index (χ4n) is 2.62. The molecule has 0 atom stereocenters. The van der Waals surface area contributed by atoms with Gasteiger partial charge >= 0.3 is 0 Å². The molecule has 26 heavy (non-hydrogen) atoms. The highest BCUT2D eigenvalue weighted by molar-refractivity contribution is 8.18. The molecule has 0 radical (unpaired) electrons. The number of nitrogens with one attached hydrogen (secondary N) is 1. The monoisotopic (exact) mass is 374 g/mol. The number of hydrogen-bond acceptors (Lipinski definition) is 5. The van der Waals surface area contributed by atoms with E-state index in [0.29, 0.717) is 10.1 Å². The molecule has 0 unspecified atom stereocenters. The zero-order valence-electron chi connectivity index (χ0n) is 16.1. The van der Waals surface area contributed by atoms with Crippen LogP contribution in [0.1, 0.15) is 51.3 Å². The summed E-state index contributed by atoms with van der Waals surface area (Å²) in [5, 5.41) is 17.7. The van der Waals surface area contributed by atoms with E-state index in [0.717, 1.165) is 16.7 Å². The molecule has 2 rings (SSSR count). The highest BCUT2D eigenvalue weighted by Gasteiger charge is 2.29. The number of aromatic hydroxyl groups is 1. The lowest BCUT2D eigenvalue weighted by Gasteiger charge is -2.28. The Morgan fingerprint density at radius 2 is 1.85 bits per heavy atom. The Morgan fingerprint density at radius 1 is 1.23 bits per heavy atom. The van der Waals surface area contributed by atoms with Crippen molar-refractivity contribution in [2.24, 2.45) is 5.16 Å². The van der Waals surface area contributed by atoms with Crippen LogP contribution in [-0.2, 0) is 20.5 Å². The van der Waals surface area contributed by atoms with Gasteiger partial charge in [-0.25, -0.2) is 0 Å². The number of thioether (sulfide) groups is 1. The van der Waals surface area contributed by atoms with Gasteiger partial charge in [-0.2, -0.15) is 0 Å². The number of amidine groups is 1. The number of benzene rings is 1. The van der Waals surface area contributed by atoms with Gasteiger partial charge in [0.05, 0.1) is 4.91 Å². The Balaban J connectivity index is 2.61. The van der Waals surface area contributed by atoms with E-state index in [4.69, 9.17) is 4.84 Å². The van der Waals surface area contributed by atoms with Crippen molar-refractivity contribution in [3.63, 3.8) is 0 Å². The van der Waals surface area contributed by atoms with Crippen molar-refractivity contribution >= 4 is 28.9 Å². The zero-order valence-corrected chi connectivity index (χ0v) is 17.0. The van der Waals surface area contributed by atoms with Crippen molar-refractivity contribution in [3.8, 4) is 5.75 Å². The second-order valence-electron chi connectivity index (χ2n) is 7.78. The number of carbonyl (C=O) groups is 1. The van der Waals surface area contributed by atoms with Crippen molar-refractivity contribution in [2.75, 3.05) is 7.11 Å². The van der Waals surface area contributed by atoms with E-state index in [1.807, 2.05) is 52.8 Å². The lowest BCUT2D eigenvalue weighted by molar-refractivity contribution is -0.115. The third-order valence-electron chi connectivity index (χ3n) is 4.27. The van der Waals surface area contributed by atoms with Gasteiger partial charge in [-0.1, -0.05) is 45.9 Å². The van der Waals surface area contributed by atoms with Crippen molar-refractivity contribution in [2.45, 2.75) is 45.4 Å². The smallest absolute Gasteiger partial charge is 0.264 e. The average Bonchev–Trinajstić information content (AvgIpc) is 2.87. The van der Waals surface area contributed by atoms with Crippen LogP contribution in [0.2, 0.25) is 0 Å². The van der Waals surface area contributed by atoms with Gasteiger partial charge in [-0.05, 0) is 40.9 Å². The largest absolute Gasteiger partial charge is 0.507 e. The number of rotatable bonds is 4. The molecule has 0 bridgehead atoms. The van der Waals surface area contributed by atoms with Gasteiger partial charge in [-0.15, -0.1) is 6.58 Å². The van der Waals surface area contributed by atoms with Crippen molar-refractivity contribution in [1.29, 1.82) is 0 Å². The van der Waals surface area contributed by atoms with Crippen molar-refractivity contribution in [3.05, 3.63) is 46.4 Å². The first-order chi connectivity index (χ1) is 12.0. The van der Waals surface area contributed by atoms with Gasteiger partial charge in [-0.3, -0.25) is 10.1 Å². The maximum Gasteiger partial charge on any atom is 0.264 e. The summed E-state index contributed by atoms with van der Waals surface area (Å²) in [7, 11) is 1.43. The van der Waals surface area contributed by atoms with E-state index >= 15 is 0 Å². The third-order valence-corrected chi connectivity index (χ3v) is 5.16. The molecule has 5 nitrogen and oxygen atoms in total. The minimum Gasteiger partial charge on any atom is -0.507 e. The maximum absolute atomic E-state index is 12.1. The van der Waals surface area contributed by atoms with Gasteiger partial charge in [0, 0.05) is 16.5 Å². The van der Waals surface area contributed by atoms with Gasteiger partial charge in [0.2, 0.25) is 5.17 Å². The number of allylic oxidation sites excluding steroid dienone is 1. The maximum atomic E-state index is 12.1.